The van der Waals surface area contributed by atoms with Crippen molar-refractivity contribution in [1.29, 1.82) is 0 Å². The molecule has 0 heterocycles. The molecule has 130 valence electrons. The number of amides is 2. The number of nitrogens with one attached hydrogen (secondary N) is 2. The zero-order chi connectivity index (χ0) is 17.9. The Kier molecular flexibility index (Phi) is 7.97. The molecule has 1 rings (SSSR count). The van der Waals surface area contributed by atoms with Crippen LogP contribution in [0.3, 0.4) is 0 Å². The maximum absolute atomic E-state index is 11.9. The molecule has 1 aromatic carbocycles. The first-order chi connectivity index (χ1) is 11.5. The maximum atomic E-state index is 11.9. The van der Waals surface area contributed by atoms with Crippen LogP contribution < -0.4 is 10.6 Å². The molecule has 0 saturated heterocycles. The number of methoxy groups -OCH3 is 2. The summed E-state index contributed by atoms with van der Waals surface area (Å²) in [6.07, 6.45) is -0.00929. The Bertz CT molecular complexity index is 587. The molecule has 0 radical (unpaired) electrons. The largest absolute Gasteiger partial charge is 0.469 e. The van der Waals surface area contributed by atoms with Gasteiger partial charge in [-0.3, -0.25) is 14.4 Å². The van der Waals surface area contributed by atoms with Crippen LogP contribution in [0, 0.1) is 0 Å². The first-order valence-corrected chi connectivity index (χ1v) is 7.25. The molecule has 0 unspecified atom stereocenters. The van der Waals surface area contributed by atoms with Crippen LogP contribution in [0.25, 0.3) is 0 Å². The van der Waals surface area contributed by atoms with Crippen molar-refractivity contribution >= 4 is 23.8 Å². The van der Waals surface area contributed by atoms with Crippen LogP contribution in [0.4, 0.5) is 0 Å². The third-order valence-corrected chi connectivity index (χ3v) is 3.13. The monoisotopic (exact) mass is 336 g/mol. The predicted molar refractivity (Wildman–Crippen MR) is 84.0 cm³/mol. The van der Waals surface area contributed by atoms with Gasteiger partial charge in [0.2, 0.25) is 5.91 Å². The molecule has 1 aromatic rings. The summed E-state index contributed by atoms with van der Waals surface area (Å²) in [6.45, 7) is -0.306. The van der Waals surface area contributed by atoms with Gasteiger partial charge in [0.15, 0.2) is 0 Å². The lowest BCUT2D eigenvalue weighted by molar-refractivity contribution is -0.146. The number of carbonyl (C=O) groups excluding carboxylic acids is 4. The molecule has 0 aromatic heterocycles. The minimum atomic E-state index is -0.991. The molecule has 1 atom stereocenters. The zero-order valence-corrected chi connectivity index (χ0v) is 13.5. The zero-order valence-electron chi connectivity index (χ0n) is 13.5. The van der Waals surface area contributed by atoms with E-state index in [0.717, 1.165) is 0 Å². The minimum Gasteiger partial charge on any atom is -0.469 e. The highest BCUT2D eigenvalue weighted by Gasteiger charge is 2.22. The lowest BCUT2D eigenvalue weighted by Crippen LogP contribution is -2.46. The Hall–Kier alpha value is -2.90. The van der Waals surface area contributed by atoms with E-state index in [4.69, 9.17) is 0 Å². The van der Waals surface area contributed by atoms with E-state index in [1.54, 1.807) is 30.3 Å². The molecule has 2 amide bonds. The highest BCUT2D eigenvalue weighted by molar-refractivity contribution is 5.96. The van der Waals surface area contributed by atoms with E-state index in [1.807, 2.05) is 0 Å². The Morgan fingerprint density at radius 1 is 1.04 bits per heavy atom. The van der Waals surface area contributed by atoms with Crippen LogP contribution in [0.2, 0.25) is 0 Å². The van der Waals surface area contributed by atoms with Gasteiger partial charge in [0.25, 0.3) is 5.91 Å². The molecule has 0 fully saturated rings. The Labute approximate surface area is 139 Å². The average molecular weight is 336 g/mol. The molecule has 0 bridgehead atoms. The number of hydrogen-bond acceptors (Lipinski definition) is 6. The van der Waals surface area contributed by atoms with Crippen molar-refractivity contribution in [3.63, 3.8) is 0 Å². The van der Waals surface area contributed by atoms with Gasteiger partial charge in [0, 0.05) is 12.0 Å². The molecule has 8 nitrogen and oxygen atoms in total. The van der Waals surface area contributed by atoms with Gasteiger partial charge in [-0.2, -0.15) is 0 Å². The summed E-state index contributed by atoms with van der Waals surface area (Å²) in [7, 11) is 2.41. The summed E-state index contributed by atoms with van der Waals surface area (Å²) in [4.78, 5) is 46.5. The number of esters is 2. The van der Waals surface area contributed by atoms with Crippen LogP contribution >= 0.6 is 0 Å². The van der Waals surface area contributed by atoms with Crippen molar-refractivity contribution in [2.75, 3.05) is 20.8 Å². The van der Waals surface area contributed by atoms with Gasteiger partial charge >= 0.3 is 11.9 Å². The summed E-state index contributed by atoms with van der Waals surface area (Å²) in [5.74, 6) is -2.16. The van der Waals surface area contributed by atoms with Crippen LogP contribution in [-0.4, -0.2) is 50.6 Å². The molecule has 2 N–H and O–H groups in total. The fourth-order valence-corrected chi connectivity index (χ4v) is 1.85. The number of rotatable bonds is 8. The van der Waals surface area contributed by atoms with Gasteiger partial charge in [0.05, 0.1) is 20.8 Å². The molecule has 0 aliphatic carbocycles. The quantitative estimate of drug-likeness (QED) is 0.648. The SMILES string of the molecule is COC(=O)CC[C@@H](NC(=O)CNC(=O)c1ccccc1)C(=O)OC. The summed E-state index contributed by atoms with van der Waals surface area (Å²) < 4.78 is 9.07. The number of hydrogen-bond donors (Lipinski definition) is 2. The average Bonchev–Trinajstić information content (AvgIpc) is 2.62. The second-order valence-corrected chi connectivity index (χ2v) is 4.81. The lowest BCUT2D eigenvalue weighted by Gasteiger charge is -2.16. The van der Waals surface area contributed by atoms with Crippen molar-refractivity contribution in [3.8, 4) is 0 Å². The van der Waals surface area contributed by atoms with Crippen LogP contribution in [0.15, 0.2) is 30.3 Å². The number of carbonyl (C=O) groups is 4. The number of benzene rings is 1. The van der Waals surface area contributed by atoms with Crippen LogP contribution in [0.1, 0.15) is 23.2 Å². The first kappa shape index (κ1) is 19.1. The van der Waals surface area contributed by atoms with Crippen molar-refractivity contribution in [2.45, 2.75) is 18.9 Å². The van der Waals surface area contributed by atoms with E-state index >= 15 is 0 Å². The minimum absolute atomic E-state index is 0.0394. The molecule has 0 spiro atoms. The van der Waals surface area contributed by atoms with Gasteiger partial charge in [-0.15, -0.1) is 0 Å². The normalized spacial score (nSPS) is 11.1. The fraction of sp³-hybridized carbons (Fsp3) is 0.375. The predicted octanol–water partition coefficient (Wildman–Crippen LogP) is 0.0274. The number of ether oxygens (including phenoxy) is 2. The lowest BCUT2D eigenvalue weighted by atomic mass is 10.1. The van der Waals surface area contributed by atoms with Gasteiger partial charge < -0.3 is 20.1 Å². The van der Waals surface area contributed by atoms with Gasteiger partial charge in [-0.25, -0.2) is 4.79 Å². The highest BCUT2D eigenvalue weighted by Crippen LogP contribution is 2.02. The van der Waals surface area contributed by atoms with E-state index in [-0.39, 0.29) is 19.4 Å². The standard InChI is InChI=1S/C16H20N2O6/c1-23-14(20)9-8-12(16(22)24-2)18-13(19)10-17-15(21)11-6-4-3-5-7-11/h3-7,12H,8-10H2,1-2H3,(H,17,21)(H,18,19)/t12-/m1/s1. The molecule has 0 saturated carbocycles. The molecule has 8 heteroatoms. The van der Waals surface area contributed by atoms with Gasteiger partial charge in [-0.05, 0) is 18.6 Å². The van der Waals surface area contributed by atoms with E-state index in [2.05, 4.69) is 20.1 Å². The van der Waals surface area contributed by atoms with Crippen molar-refractivity contribution < 1.29 is 28.7 Å². The van der Waals surface area contributed by atoms with Gasteiger partial charge in [0.1, 0.15) is 6.04 Å². The van der Waals surface area contributed by atoms with E-state index in [1.165, 1.54) is 14.2 Å². The van der Waals surface area contributed by atoms with E-state index in [0.29, 0.717) is 5.56 Å². The third-order valence-electron chi connectivity index (χ3n) is 3.13. The smallest absolute Gasteiger partial charge is 0.328 e. The maximum Gasteiger partial charge on any atom is 0.328 e. The van der Waals surface area contributed by atoms with Crippen molar-refractivity contribution in [2.24, 2.45) is 0 Å². The molecule has 0 aliphatic heterocycles. The Morgan fingerprint density at radius 2 is 1.71 bits per heavy atom. The van der Waals surface area contributed by atoms with Crippen LogP contribution in [-0.2, 0) is 23.9 Å². The molecule has 24 heavy (non-hydrogen) atoms. The summed E-state index contributed by atoms with van der Waals surface area (Å²) in [5.41, 5.74) is 0.417. The summed E-state index contributed by atoms with van der Waals surface area (Å²) >= 11 is 0. The second-order valence-electron chi connectivity index (χ2n) is 4.81. The topological polar surface area (TPSA) is 111 Å². The first-order valence-electron chi connectivity index (χ1n) is 7.25. The highest BCUT2D eigenvalue weighted by atomic mass is 16.5. The van der Waals surface area contributed by atoms with Gasteiger partial charge in [-0.1, -0.05) is 18.2 Å². The molecular formula is C16H20N2O6. The van der Waals surface area contributed by atoms with Crippen molar-refractivity contribution in [3.05, 3.63) is 35.9 Å². The van der Waals surface area contributed by atoms with Crippen LogP contribution in [0.5, 0.6) is 0 Å². The van der Waals surface area contributed by atoms with E-state index < -0.39 is 29.8 Å². The summed E-state index contributed by atoms with van der Waals surface area (Å²) in [5, 5.41) is 4.86. The van der Waals surface area contributed by atoms with Crippen molar-refractivity contribution in [1.82, 2.24) is 10.6 Å². The Morgan fingerprint density at radius 3 is 2.29 bits per heavy atom. The molecular weight excluding hydrogens is 316 g/mol. The summed E-state index contributed by atoms with van der Waals surface area (Å²) in [6, 6.07) is 7.41. The van der Waals surface area contributed by atoms with E-state index in [9.17, 15) is 19.2 Å². The second kappa shape index (κ2) is 9.98. The molecule has 0 aliphatic rings. The third kappa shape index (κ3) is 6.47. The Balaban J connectivity index is 2.50. The fourth-order valence-electron chi connectivity index (χ4n) is 1.85.